The number of nitrogens with two attached hydrogens (primary N) is 1. The maximum Gasteiger partial charge on any atom is 0.253 e. The molecule has 0 saturated heterocycles. The van der Waals surface area contributed by atoms with Crippen molar-refractivity contribution in [3.63, 3.8) is 0 Å². The molecule has 3 N–H and O–H groups in total. The van der Waals surface area contributed by atoms with Crippen molar-refractivity contribution in [1.82, 2.24) is 10.3 Å². The summed E-state index contributed by atoms with van der Waals surface area (Å²) < 4.78 is 13.1. The molecule has 5 nitrogen and oxygen atoms in total. The zero-order valence-electron chi connectivity index (χ0n) is 11.1. The molecule has 1 aromatic heterocycles. The van der Waals surface area contributed by atoms with Gasteiger partial charge in [0, 0.05) is 18.8 Å². The molecule has 0 fully saturated rings. The summed E-state index contributed by atoms with van der Waals surface area (Å²) in [5.41, 5.74) is 6.18. The number of primary amides is 1. The highest BCUT2D eigenvalue weighted by atomic mass is 19.1. The molecule has 1 heterocycles. The summed E-state index contributed by atoms with van der Waals surface area (Å²) in [6, 6.07) is 8.06. The number of pyridine rings is 1. The molecule has 0 spiro atoms. The molecule has 0 radical (unpaired) electrons. The van der Waals surface area contributed by atoms with Crippen molar-refractivity contribution in [3.8, 4) is 0 Å². The first kappa shape index (κ1) is 14.6. The predicted octanol–water partition coefficient (Wildman–Crippen LogP) is 1.05. The highest BCUT2D eigenvalue weighted by Gasteiger charge is 2.19. The number of hydrogen-bond donors (Lipinski definition) is 2. The Kier molecular flexibility index (Phi) is 4.61. The number of rotatable bonds is 5. The third-order valence-corrected chi connectivity index (χ3v) is 2.90. The van der Waals surface area contributed by atoms with E-state index < -0.39 is 23.7 Å². The van der Waals surface area contributed by atoms with E-state index in [1.807, 2.05) is 0 Å². The largest absolute Gasteiger partial charge is 0.368 e. The quantitative estimate of drug-likeness (QED) is 0.862. The van der Waals surface area contributed by atoms with Crippen LogP contribution >= 0.6 is 0 Å². The Bertz CT molecular complexity index is 646. The van der Waals surface area contributed by atoms with Gasteiger partial charge >= 0.3 is 0 Å². The van der Waals surface area contributed by atoms with Crippen molar-refractivity contribution in [3.05, 3.63) is 65.7 Å². The van der Waals surface area contributed by atoms with Crippen molar-refractivity contribution < 1.29 is 14.0 Å². The van der Waals surface area contributed by atoms with Gasteiger partial charge in [-0.1, -0.05) is 12.1 Å². The second-order valence-corrected chi connectivity index (χ2v) is 4.50. The van der Waals surface area contributed by atoms with Crippen molar-refractivity contribution >= 4 is 11.8 Å². The first-order valence-corrected chi connectivity index (χ1v) is 6.31. The lowest BCUT2D eigenvalue weighted by Crippen LogP contribution is -2.45. The summed E-state index contributed by atoms with van der Waals surface area (Å²) in [6.45, 7) is 0. The first-order chi connectivity index (χ1) is 10.1. The van der Waals surface area contributed by atoms with Gasteiger partial charge in [0.15, 0.2) is 0 Å². The van der Waals surface area contributed by atoms with Crippen LogP contribution in [0.2, 0.25) is 0 Å². The maximum atomic E-state index is 13.1. The van der Waals surface area contributed by atoms with Gasteiger partial charge in [-0.2, -0.15) is 0 Å². The van der Waals surface area contributed by atoms with Gasteiger partial charge < -0.3 is 11.1 Å². The lowest BCUT2D eigenvalue weighted by Gasteiger charge is -2.15. The van der Waals surface area contributed by atoms with Crippen LogP contribution in [0.1, 0.15) is 15.9 Å². The van der Waals surface area contributed by atoms with Crippen molar-refractivity contribution in [2.45, 2.75) is 12.5 Å². The molecule has 0 aliphatic heterocycles. The van der Waals surface area contributed by atoms with Gasteiger partial charge in [-0.3, -0.25) is 14.6 Å². The zero-order valence-corrected chi connectivity index (χ0v) is 11.1. The van der Waals surface area contributed by atoms with E-state index in [2.05, 4.69) is 10.3 Å². The summed E-state index contributed by atoms with van der Waals surface area (Å²) in [4.78, 5) is 27.3. The van der Waals surface area contributed by atoms with E-state index in [4.69, 9.17) is 5.73 Å². The highest BCUT2D eigenvalue weighted by Crippen LogP contribution is 2.07. The smallest absolute Gasteiger partial charge is 0.253 e. The van der Waals surface area contributed by atoms with Crippen LogP contribution in [0.25, 0.3) is 0 Å². The Morgan fingerprint density at radius 3 is 2.71 bits per heavy atom. The standard InChI is InChI=1S/C15H14FN3O2/c16-12-5-1-3-10(7-12)8-13(14(17)20)19-15(21)11-4-2-6-18-9-11/h1-7,9,13H,8H2,(H2,17,20)(H,19,21)/t13-/m1/s1. The van der Waals surface area contributed by atoms with Gasteiger partial charge in [0.25, 0.3) is 5.91 Å². The number of carbonyl (C=O) groups is 2. The van der Waals surface area contributed by atoms with Gasteiger partial charge in [-0.15, -0.1) is 0 Å². The average molecular weight is 287 g/mol. The van der Waals surface area contributed by atoms with Crippen LogP contribution in [0.4, 0.5) is 4.39 Å². The number of aromatic nitrogens is 1. The third kappa shape index (κ3) is 4.10. The van der Waals surface area contributed by atoms with Crippen LogP contribution < -0.4 is 11.1 Å². The molecule has 0 aliphatic rings. The molecular formula is C15H14FN3O2. The van der Waals surface area contributed by atoms with Crippen LogP contribution in [-0.4, -0.2) is 22.8 Å². The molecule has 6 heteroatoms. The van der Waals surface area contributed by atoms with Gasteiger partial charge in [-0.25, -0.2) is 4.39 Å². The molecule has 108 valence electrons. The Labute approximate surface area is 121 Å². The second-order valence-electron chi connectivity index (χ2n) is 4.50. The lowest BCUT2D eigenvalue weighted by molar-refractivity contribution is -0.119. The summed E-state index contributed by atoms with van der Waals surface area (Å²) in [5, 5.41) is 2.52. The molecule has 21 heavy (non-hydrogen) atoms. The lowest BCUT2D eigenvalue weighted by atomic mass is 10.0. The van der Waals surface area contributed by atoms with E-state index in [1.165, 1.54) is 30.6 Å². The molecule has 2 amide bonds. The fourth-order valence-corrected chi connectivity index (χ4v) is 1.86. The number of nitrogens with zero attached hydrogens (tertiary/aromatic N) is 1. The minimum absolute atomic E-state index is 0.124. The fourth-order valence-electron chi connectivity index (χ4n) is 1.86. The Hall–Kier alpha value is -2.76. The van der Waals surface area contributed by atoms with E-state index in [0.29, 0.717) is 11.1 Å². The maximum absolute atomic E-state index is 13.1. The van der Waals surface area contributed by atoms with E-state index in [0.717, 1.165) is 0 Å². The number of benzene rings is 1. The SMILES string of the molecule is NC(=O)[C@@H](Cc1cccc(F)c1)NC(=O)c1cccnc1. The van der Waals surface area contributed by atoms with Crippen LogP contribution in [0.3, 0.4) is 0 Å². The van der Waals surface area contributed by atoms with E-state index in [1.54, 1.807) is 18.2 Å². The monoisotopic (exact) mass is 287 g/mol. The third-order valence-electron chi connectivity index (χ3n) is 2.90. The molecule has 1 aromatic carbocycles. The van der Waals surface area contributed by atoms with Crippen molar-refractivity contribution in [2.24, 2.45) is 5.73 Å². The normalized spacial score (nSPS) is 11.7. The van der Waals surface area contributed by atoms with Crippen LogP contribution in [-0.2, 0) is 11.2 Å². The second kappa shape index (κ2) is 6.60. The molecule has 0 unspecified atom stereocenters. The number of amides is 2. The molecular weight excluding hydrogens is 273 g/mol. The van der Waals surface area contributed by atoms with Gasteiger partial charge in [0.2, 0.25) is 5.91 Å². The summed E-state index contributed by atoms with van der Waals surface area (Å²) >= 11 is 0. The molecule has 1 atom stereocenters. The topological polar surface area (TPSA) is 85.1 Å². The van der Waals surface area contributed by atoms with Gasteiger partial charge in [0.05, 0.1) is 5.56 Å². The number of halogens is 1. The number of nitrogens with one attached hydrogen (secondary N) is 1. The summed E-state index contributed by atoms with van der Waals surface area (Å²) in [6.07, 6.45) is 3.05. The molecule has 0 aliphatic carbocycles. The minimum atomic E-state index is -0.917. The Morgan fingerprint density at radius 1 is 1.29 bits per heavy atom. The minimum Gasteiger partial charge on any atom is -0.368 e. The average Bonchev–Trinajstić information content (AvgIpc) is 2.47. The summed E-state index contributed by atoms with van der Waals surface area (Å²) in [5.74, 6) is -1.55. The van der Waals surface area contributed by atoms with Crippen molar-refractivity contribution in [2.75, 3.05) is 0 Å². The van der Waals surface area contributed by atoms with Crippen LogP contribution in [0.15, 0.2) is 48.8 Å². The predicted molar refractivity (Wildman–Crippen MR) is 74.8 cm³/mol. The molecule has 2 rings (SSSR count). The van der Waals surface area contributed by atoms with Crippen LogP contribution in [0, 0.1) is 5.82 Å². The number of carbonyl (C=O) groups excluding carboxylic acids is 2. The Balaban J connectivity index is 2.09. The zero-order chi connectivity index (χ0) is 15.2. The van der Waals surface area contributed by atoms with Crippen molar-refractivity contribution in [1.29, 1.82) is 0 Å². The Morgan fingerprint density at radius 2 is 2.10 bits per heavy atom. The molecule has 2 aromatic rings. The summed E-state index contributed by atoms with van der Waals surface area (Å²) in [7, 11) is 0. The van der Waals surface area contributed by atoms with Gasteiger partial charge in [-0.05, 0) is 29.8 Å². The van der Waals surface area contributed by atoms with Crippen LogP contribution in [0.5, 0.6) is 0 Å². The van der Waals surface area contributed by atoms with E-state index >= 15 is 0 Å². The molecule has 0 saturated carbocycles. The number of hydrogen-bond acceptors (Lipinski definition) is 3. The highest BCUT2D eigenvalue weighted by molar-refractivity contribution is 5.97. The van der Waals surface area contributed by atoms with Gasteiger partial charge in [0.1, 0.15) is 11.9 Å². The molecule has 0 bridgehead atoms. The fraction of sp³-hybridized carbons (Fsp3) is 0.133. The van der Waals surface area contributed by atoms with E-state index in [-0.39, 0.29) is 6.42 Å². The first-order valence-electron chi connectivity index (χ1n) is 6.31. The van der Waals surface area contributed by atoms with E-state index in [9.17, 15) is 14.0 Å².